The lowest BCUT2D eigenvalue weighted by Crippen LogP contribution is -2.19. The first-order valence-corrected chi connectivity index (χ1v) is 11.4. The van der Waals surface area contributed by atoms with Gasteiger partial charge in [-0.25, -0.2) is 23.4 Å². The molecule has 162 valence electrons. The summed E-state index contributed by atoms with van der Waals surface area (Å²) in [6.45, 7) is 11.9. The smallest absolute Gasteiger partial charge is 0.262 e. The van der Waals surface area contributed by atoms with E-state index in [-0.39, 0.29) is 26.8 Å². The summed E-state index contributed by atoms with van der Waals surface area (Å²) in [7, 11) is -3.89. The van der Waals surface area contributed by atoms with Gasteiger partial charge in [0.05, 0.1) is 15.6 Å². The van der Waals surface area contributed by atoms with E-state index in [4.69, 9.17) is 11.6 Å². The number of aromatic nitrogens is 3. The van der Waals surface area contributed by atoms with Crippen molar-refractivity contribution in [2.24, 2.45) is 0 Å². The summed E-state index contributed by atoms with van der Waals surface area (Å²) in [5, 5.41) is 0.285. The van der Waals surface area contributed by atoms with Crippen LogP contribution in [0.1, 0.15) is 31.9 Å². The molecule has 3 rings (SSSR count). The van der Waals surface area contributed by atoms with Crippen molar-refractivity contribution < 1.29 is 8.42 Å². The molecule has 7 nitrogen and oxygen atoms in total. The number of nitrogens with zero attached hydrogens (tertiary/aromatic N) is 4. The van der Waals surface area contributed by atoms with Crippen LogP contribution < -0.4 is 9.62 Å². The molecule has 1 aromatic carbocycles. The van der Waals surface area contributed by atoms with Gasteiger partial charge in [0, 0.05) is 24.2 Å². The molecule has 0 aliphatic carbocycles. The molecular weight excluding hydrogens is 434 g/mol. The Bertz CT molecular complexity index is 1210. The highest BCUT2D eigenvalue weighted by Crippen LogP contribution is 2.34. The van der Waals surface area contributed by atoms with Crippen LogP contribution in [0.15, 0.2) is 66.7 Å². The summed E-state index contributed by atoms with van der Waals surface area (Å²) >= 11 is 6.12. The molecule has 0 radical (unpaired) electrons. The summed E-state index contributed by atoms with van der Waals surface area (Å²) in [6.07, 6.45) is 5.98. The minimum atomic E-state index is -3.89. The number of anilines is 3. The van der Waals surface area contributed by atoms with E-state index in [1.807, 2.05) is 19.1 Å². The van der Waals surface area contributed by atoms with Crippen molar-refractivity contribution in [3.8, 4) is 0 Å². The van der Waals surface area contributed by atoms with Crippen LogP contribution >= 0.6 is 11.6 Å². The van der Waals surface area contributed by atoms with Crippen molar-refractivity contribution in [1.29, 1.82) is 0 Å². The molecular formula is C22H24ClN5O2S. The third kappa shape index (κ3) is 5.03. The quantitative estimate of drug-likeness (QED) is 0.546. The van der Waals surface area contributed by atoms with Crippen LogP contribution in [0, 0.1) is 6.92 Å². The monoisotopic (exact) mass is 457 g/mol. The molecule has 2 aromatic heterocycles. The van der Waals surface area contributed by atoms with Crippen LogP contribution in [0.2, 0.25) is 5.02 Å². The normalized spacial score (nSPS) is 11.8. The molecule has 0 spiro atoms. The molecule has 0 saturated carbocycles. The second-order valence-corrected chi connectivity index (χ2v) is 10.1. The zero-order valence-electron chi connectivity index (χ0n) is 17.8. The number of sulfonamides is 1. The van der Waals surface area contributed by atoms with Crippen LogP contribution in [-0.2, 0) is 15.4 Å². The van der Waals surface area contributed by atoms with Gasteiger partial charge in [-0.05, 0) is 36.1 Å². The molecule has 0 unspecified atom stereocenters. The molecule has 0 aliphatic heterocycles. The largest absolute Gasteiger partial charge is 0.284 e. The van der Waals surface area contributed by atoms with Gasteiger partial charge in [0.15, 0.2) is 5.82 Å². The Balaban J connectivity index is 2.02. The number of pyridine rings is 1. The van der Waals surface area contributed by atoms with Crippen molar-refractivity contribution in [2.45, 2.75) is 38.0 Å². The first-order chi connectivity index (χ1) is 14.5. The number of nitrogens with one attached hydrogen (secondary N) is 1. The minimum absolute atomic E-state index is 0.0837. The fraction of sp³-hybridized carbons (Fsp3) is 0.227. The molecule has 0 fully saturated rings. The fourth-order valence-corrected chi connectivity index (χ4v) is 4.16. The minimum Gasteiger partial charge on any atom is -0.284 e. The van der Waals surface area contributed by atoms with Crippen LogP contribution in [0.25, 0.3) is 0 Å². The Morgan fingerprint density at radius 2 is 1.77 bits per heavy atom. The lowest BCUT2D eigenvalue weighted by Gasteiger charge is -2.23. The lowest BCUT2D eigenvalue weighted by atomic mass is 9.87. The fourth-order valence-electron chi connectivity index (χ4n) is 2.96. The van der Waals surface area contributed by atoms with E-state index in [2.05, 4.69) is 47.0 Å². The molecule has 0 amide bonds. The number of rotatable bonds is 6. The highest BCUT2D eigenvalue weighted by Gasteiger charge is 2.22. The Morgan fingerprint density at radius 3 is 2.35 bits per heavy atom. The number of benzene rings is 1. The van der Waals surface area contributed by atoms with Crippen LogP contribution in [0.4, 0.5) is 17.3 Å². The average Bonchev–Trinajstić information content (AvgIpc) is 2.70. The van der Waals surface area contributed by atoms with E-state index in [0.29, 0.717) is 5.82 Å². The van der Waals surface area contributed by atoms with Gasteiger partial charge in [-0.1, -0.05) is 51.1 Å². The predicted molar refractivity (Wildman–Crippen MR) is 124 cm³/mol. The van der Waals surface area contributed by atoms with Crippen molar-refractivity contribution in [3.05, 3.63) is 78.0 Å². The number of hydrogen-bond acceptors (Lipinski definition) is 6. The number of hydrogen-bond donors (Lipinski definition) is 1. The summed E-state index contributed by atoms with van der Waals surface area (Å²) in [5.41, 5.74) is 1.92. The van der Waals surface area contributed by atoms with Gasteiger partial charge in [-0.3, -0.25) is 9.62 Å². The van der Waals surface area contributed by atoms with Crippen molar-refractivity contribution in [2.75, 3.05) is 9.62 Å². The summed E-state index contributed by atoms with van der Waals surface area (Å²) in [5.74, 6) is 0.811. The topological polar surface area (TPSA) is 88.1 Å². The summed E-state index contributed by atoms with van der Waals surface area (Å²) in [4.78, 5) is 14.3. The molecule has 2 heterocycles. The first kappa shape index (κ1) is 22.7. The van der Waals surface area contributed by atoms with Gasteiger partial charge in [-0.2, -0.15) is 0 Å². The Hall–Kier alpha value is -2.97. The van der Waals surface area contributed by atoms with Gasteiger partial charge in [-0.15, -0.1) is 0 Å². The maximum Gasteiger partial charge on any atom is 0.262 e. The van der Waals surface area contributed by atoms with E-state index in [1.165, 1.54) is 24.8 Å². The molecule has 31 heavy (non-hydrogen) atoms. The van der Waals surface area contributed by atoms with E-state index in [9.17, 15) is 8.42 Å². The maximum absolute atomic E-state index is 13.1. The highest BCUT2D eigenvalue weighted by molar-refractivity contribution is 7.92. The van der Waals surface area contributed by atoms with Gasteiger partial charge in [0.25, 0.3) is 10.0 Å². The van der Waals surface area contributed by atoms with Crippen LogP contribution in [0.5, 0.6) is 0 Å². The number of aryl methyl sites for hydroxylation is 1. The number of halogens is 1. The second kappa shape index (κ2) is 8.64. The van der Waals surface area contributed by atoms with Gasteiger partial charge in [0.1, 0.15) is 12.1 Å². The van der Waals surface area contributed by atoms with E-state index >= 15 is 0 Å². The van der Waals surface area contributed by atoms with Crippen molar-refractivity contribution in [1.82, 2.24) is 15.0 Å². The molecule has 1 N–H and O–H groups in total. The Labute approximate surface area is 187 Å². The third-order valence-corrected chi connectivity index (χ3v) is 6.20. The van der Waals surface area contributed by atoms with Gasteiger partial charge in [0.2, 0.25) is 0 Å². The van der Waals surface area contributed by atoms with E-state index in [1.54, 1.807) is 23.2 Å². The highest BCUT2D eigenvalue weighted by atomic mass is 35.5. The molecule has 0 aliphatic rings. The zero-order chi connectivity index (χ0) is 22.8. The first-order valence-electron chi connectivity index (χ1n) is 9.50. The SMILES string of the molecule is C=CN(c1ncncc1C)c1ncc(Cl)cc1NS(=O)(=O)c1ccc(C(C)(C)C)cc1. The van der Waals surface area contributed by atoms with Crippen LogP contribution in [-0.4, -0.2) is 23.4 Å². The summed E-state index contributed by atoms with van der Waals surface area (Å²) in [6, 6.07) is 8.29. The molecule has 3 aromatic rings. The van der Waals surface area contributed by atoms with Crippen molar-refractivity contribution in [3.63, 3.8) is 0 Å². The molecule has 9 heteroatoms. The zero-order valence-corrected chi connectivity index (χ0v) is 19.4. The molecule has 0 saturated heterocycles. The van der Waals surface area contributed by atoms with E-state index < -0.39 is 10.0 Å². The standard InChI is InChI=1S/C22H24ClN5O2S/c1-6-28(20-15(2)12-24-14-26-20)21-19(11-17(23)13-25-21)27-31(29,30)18-9-7-16(8-10-18)22(3,4)5/h6-14,27H,1H2,2-5H3. The van der Waals surface area contributed by atoms with E-state index in [0.717, 1.165) is 11.1 Å². The summed E-state index contributed by atoms with van der Waals surface area (Å²) < 4.78 is 28.8. The molecule has 0 atom stereocenters. The van der Waals surface area contributed by atoms with Gasteiger partial charge >= 0.3 is 0 Å². The van der Waals surface area contributed by atoms with Crippen LogP contribution in [0.3, 0.4) is 0 Å². The van der Waals surface area contributed by atoms with Crippen molar-refractivity contribution >= 4 is 38.9 Å². The Morgan fingerprint density at radius 1 is 1.10 bits per heavy atom. The maximum atomic E-state index is 13.1. The third-order valence-electron chi connectivity index (χ3n) is 4.61. The second-order valence-electron chi connectivity index (χ2n) is 7.99. The Kier molecular flexibility index (Phi) is 6.33. The lowest BCUT2D eigenvalue weighted by molar-refractivity contribution is 0.587. The molecule has 0 bridgehead atoms. The average molecular weight is 458 g/mol. The van der Waals surface area contributed by atoms with Gasteiger partial charge < -0.3 is 0 Å². The predicted octanol–water partition coefficient (Wildman–Crippen LogP) is 5.21.